The lowest BCUT2D eigenvalue weighted by Gasteiger charge is -2.08. The van der Waals surface area contributed by atoms with Crippen LogP contribution in [0.5, 0.6) is 0 Å². The van der Waals surface area contributed by atoms with Crippen molar-refractivity contribution in [2.24, 2.45) is 9.98 Å². The van der Waals surface area contributed by atoms with Crippen LogP contribution in [0, 0.1) is 0 Å². The van der Waals surface area contributed by atoms with E-state index in [2.05, 4.69) is 34.9 Å². The molecule has 2 unspecified atom stereocenters. The smallest absolute Gasteiger partial charge is 0.0783 e. The second kappa shape index (κ2) is 5.50. The summed E-state index contributed by atoms with van der Waals surface area (Å²) in [7, 11) is 0. The van der Waals surface area contributed by atoms with Crippen LogP contribution < -0.4 is 0 Å². The largest absolute Gasteiger partial charge is 0.371 e. The third-order valence-electron chi connectivity index (χ3n) is 2.01. The second-order valence-electron chi connectivity index (χ2n) is 2.96. The van der Waals surface area contributed by atoms with Crippen molar-refractivity contribution in [2.75, 3.05) is 13.1 Å². The van der Waals surface area contributed by atoms with Gasteiger partial charge >= 0.3 is 0 Å². The summed E-state index contributed by atoms with van der Waals surface area (Å²) in [4.78, 5) is 7.85. The molecule has 1 heterocycles. The first-order chi connectivity index (χ1) is 6.36. The van der Waals surface area contributed by atoms with Gasteiger partial charge in [0, 0.05) is 0 Å². The van der Waals surface area contributed by atoms with Gasteiger partial charge in [0.2, 0.25) is 0 Å². The first-order valence-electron chi connectivity index (χ1n) is 4.39. The molecule has 0 spiro atoms. The van der Waals surface area contributed by atoms with Crippen LogP contribution in [0.4, 0.5) is 0 Å². The van der Waals surface area contributed by atoms with Crippen molar-refractivity contribution in [2.45, 2.75) is 25.0 Å². The fraction of sp³-hybridized carbons (Fsp3) is 0.600. The molecule has 0 bridgehead atoms. The maximum atomic E-state index is 5.64. The van der Waals surface area contributed by atoms with Crippen molar-refractivity contribution in [3.63, 3.8) is 0 Å². The van der Waals surface area contributed by atoms with Gasteiger partial charge in [0.1, 0.15) is 0 Å². The Hall–Kier alpha value is -1.14. The molecule has 0 aromatic heterocycles. The van der Waals surface area contributed by atoms with Crippen molar-refractivity contribution < 1.29 is 4.74 Å². The number of hydrogen-bond donors (Lipinski definition) is 0. The maximum absolute atomic E-state index is 5.64. The summed E-state index contributed by atoms with van der Waals surface area (Å²) in [6, 6.07) is 0. The minimum atomic E-state index is 0.222. The van der Waals surface area contributed by atoms with Gasteiger partial charge in [-0.05, 0) is 37.7 Å². The molecule has 3 nitrogen and oxygen atoms in total. The fourth-order valence-electron chi connectivity index (χ4n) is 1.38. The topological polar surface area (TPSA) is 34.0 Å². The molecule has 2 atom stereocenters. The lowest BCUT2D eigenvalue weighted by Crippen LogP contribution is -2.15. The SMILES string of the molecule is C=C=NCC1CCC(CN=C=C)O1. The molecule has 0 amide bonds. The fourth-order valence-corrected chi connectivity index (χ4v) is 1.38. The summed E-state index contributed by atoms with van der Waals surface area (Å²) in [6.07, 6.45) is 2.53. The first kappa shape index (κ1) is 9.94. The number of rotatable bonds is 4. The molecule has 3 heteroatoms. The highest BCUT2D eigenvalue weighted by Crippen LogP contribution is 2.19. The average Bonchev–Trinajstić information content (AvgIpc) is 2.59. The molecule has 0 saturated carbocycles. The Labute approximate surface area is 78.5 Å². The molecule has 1 aliphatic heterocycles. The normalized spacial score (nSPS) is 26.2. The number of ether oxygens (including phenoxy) is 1. The molecule has 0 radical (unpaired) electrons. The van der Waals surface area contributed by atoms with Gasteiger partial charge in [-0.15, -0.1) is 0 Å². The Morgan fingerprint density at radius 1 is 1.08 bits per heavy atom. The van der Waals surface area contributed by atoms with E-state index in [9.17, 15) is 0 Å². The average molecular weight is 178 g/mol. The van der Waals surface area contributed by atoms with E-state index >= 15 is 0 Å². The van der Waals surface area contributed by atoms with E-state index in [4.69, 9.17) is 4.74 Å². The van der Waals surface area contributed by atoms with Crippen LogP contribution in [-0.2, 0) is 4.74 Å². The van der Waals surface area contributed by atoms with E-state index in [1.807, 2.05) is 0 Å². The molecule has 0 N–H and O–H groups in total. The van der Waals surface area contributed by atoms with Crippen molar-refractivity contribution in [1.82, 2.24) is 0 Å². The molecule has 1 saturated heterocycles. The predicted octanol–water partition coefficient (Wildman–Crippen LogP) is 1.25. The van der Waals surface area contributed by atoms with Gasteiger partial charge in [-0.3, -0.25) is 0 Å². The van der Waals surface area contributed by atoms with Gasteiger partial charge in [0.05, 0.1) is 25.3 Å². The zero-order valence-corrected chi connectivity index (χ0v) is 7.70. The number of nitrogens with zero attached hydrogens (tertiary/aromatic N) is 2. The monoisotopic (exact) mass is 178 g/mol. The summed E-state index contributed by atoms with van der Waals surface area (Å²) in [5, 5.41) is 0. The van der Waals surface area contributed by atoms with Gasteiger partial charge < -0.3 is 4.74 Å². The van der Waals surface area contributed by atoms with E-state index in [-0.39, 0.29) is 12.2 Å². The van der Waals surface area contributed by atoms with Gasteiger partial charge in [0.25, 0.3) is 0 Å². The van der Waals surface area contributed by atoms with E-state index < -0.39 is 0 Å². The highest BCUT2D eigenvalue weighted by Gasteiger charge is 2.24. The summed E-state index contributed by atoms with van der Waals surface area (Å²) in [6.45, 7) is 8.14. The lowest BCUT2D eigenvalue weighted by molar-refractivity contribution is 0.0563. The maximum Gasteiger partial charge on any atom is 0.0783 e. The minimum Gasteiger partial charge on any atom is -0.371 e. The Bertz CT molecular complexity index is 224. The molecule has 13 heavy (non-hydrogen) atoms. The molecule has 1 fully saturated rings. The Morgan fingerprint density at radius 2 is 1.54 bits per heavy atom. The van der Waals surface area contributed by atoms with E-state index in [1.165, 1.54) is 0 Å². The Balaban J connectivity index is 2.27. The zero-order chi connectivity index (χ0) is 9.52. The molecular formula is C10H14N2O. The molecule has 1 aliphatic rings. The van der Waals surface area contributed by atoms with Crippen LogP contribution in [0.25, 0.3) is 0 Å². The summed E-state index contributed by atoms with van der Waals surface area (Å²) >= 11 is 0. The third-order valence-corrected chi connectivity index (χ3v) is 2.01. The van der Waals surface area contributed by atoms with E-state index in [0.29, 0.717) is 13.1 Å². The van der Waals surface area contributed by atoms with Crippen LogP contribution in [0.15, 0.2) is 23.1 Å². The van der Waals surface area contributed by atoms with Crippen LogP contribution >= 0.6 is 0 Å². The van der Waals surface area contributed by atoms with E-state index in [1.54, 1.807) is 0 Å². The third kappa shape index (κ3) is 3.39. The first-order valence-corrected chi connectivity index (χ1v) is 4.39. The van der Waals surface area contributed by atoms with Gasteiger partial charge in [-0.2, -0.15) is 0 Å². The molecule has 0 aromatic rings. The van der Waals surface area contributed by atoms with Crippen molar-refractivity contribution in [1.29, 1.82) is 0 Å². The summed E-state index contributed by atoms with van der Waals surface area (Å²) in [5.41, 5.74) is 0. The van der Waals surface area contributed by atoms with Crippen molar-refractivity contribution in [3.05, 3.63) is 13.2 Å². The van der Waals surface area contributed by atoms with Crippen LogP contribution in [0.2, 0.25) is 0 Å². The standard InChI is InChI=1S/C10H14N2O/c1-3-11-7-9-5-6-10(13-9)8-12-4-2/h9-10H,1-2,5-8H2. The highest BCUT2D eigenvalue weighted by atomic mass is 16.5. The quantitative estimate of drug-likeness (QED) is 0.596. The van der Waals surface area contributed by atoms with Gasteiger partial charge in [-0.25, -0.2) is 9.98 Å². The second-order valence-corrected chi connectivity index (χ2v) is 2.96. The Kier molecular flexibility index (Phi) is 4.20. The Morgan fingerprint density at radius 3 is 1.92 bits per heavy atom. The predicted molar refractivity (Wildman–Crippen MR) is 53.8 cm³/mol. The number of aliphatic imine (C=N–C) groups is 2. The molecular weight excluding hydrogens is 164 g/mol. The summed E-state index contributed by atoms with van der Waals surface area (Å²) < 4.78 is 5.64. The van der Waals surface area contributed by atoms with E-state index in [0.717, 1.165) is 12.8 Å². The van der Waals surface area contributed by atoms with Crippen LogP contribution in [0.3, 0.4) is 0 Å². The van der Waals surface area contributed by atoms with Gasteiger partial charge in [0.15, 0.2) is 0 Å². The molecule has 0 aromatic carbocycles. The molecule has 0 aliphatic carbocycles. The van der Waals surface area contributed by atoms with Crippen molar-refractivity contribution >= 4 is 11.7 Å². The van der Waals surface area contributed by atoms with Crippen molar-refractivity contribution in [3.8, 4) is 0 Å². The van der Waals surface area contributed by atoms with Gasteiger partial charge in [-0.1, -0.05) is 0 Å². The number of hydrogen-bond acceptors (Lipinski definition) is 3. The minimum absolute atomic E-state index is 0.222. The highest BCUT2D eigenvalue weighted by molar-refractivity contribution is 5.46. The zero-order valence-electron chi connectivity index (χ0n) is 7.70. The molecule has 70 valence electrons. The summed E-state index contributed by atoms with van der Waals surface area (Å²) in [5.74, 6) is 5.00. The van der Waals surface area contributed by atoms with Crippen LogP contribution in [-0.4, -0.2) is 37.0 Å². The molecule has 1 rings (SSSR count). The lowest BCUT2D eigenvalue weighted by atomic mass is 10.2. The van der Waals surface area contributed by atoms with Crippen LogP contribution in [0.1, 0.15) is 12.8 Å².